The molecule has 0 saturated heterocycles. The fraction of sp³-hybridized carbons (Fsp3) is 0.0500. The summed E-state index contributed by atoms with van der Waals surface area (Å²) in [6.45, 7) is 0. The lowest BCUT2D eigenvalue weighted by atomic mass is 10.2. The van der Waals surface area contributed by atoms with E-state index in [-0.39, 0.29) is 22.9 Å². The Hall–Kier alpha value is -4.47. The molecule has 0 aliphatic carbocycles. The number of aromatic nitrogens is 2. The van der Waals surface area contributed by atoms with Gasteiger partial charge < -0.3 is 21.1 Å². The summed E-state index contributed by atoms with van der Waals surface area (Å²) < 4.78 is 1.78. The van der Waals surface area contributed by atoms with Gasteiger partial charge in [0.15, 0.2) is 5.69 Å². The van der Waals surface area contributed by atoms with Crippen molar-refractivity contribution in [1.82, 2.24) is 9.13 Å². The first-order valence-electron chi connectivity index (χ1n) is 8.61. The highest BCUT2D eigenvalue weighted by atomic mass is 16.4. The Labute approximate surface area is 169 Å². The van der Waals surface area contributed by atoms with Crippen molar-refractivity contribution in [3.63, 3.8) is 0 Å². The molecule has 30 heavy (non-hydrogen) atoms. The van der Waals surface area contributed by atoms with E-state index in [2.05, 4.69) is 0 Å². The minimum absolute atomic E-state index is 0.232. The number of nitrogens with zero attached hydrogens (tertiary/aromatic N) is 3. The van der Waals surface area contributed by atoms with Crippen molar-refractivity contribution in [3.05, 3.63) is 81.1 Å². The number of carboxylic acid groups (broad SMARTS) is 1. The third-order valence-electron chi connectivity index (χ3n) is 4.27. The average Bonchev–Trinajstić information content (AvgIpc) is 2.69. The molecule has 1 heterocycles. The monoisotopic (exact) mass is 410 g/mol. The van der Waals surface area contributed by atoms with Gasteiger partial charge in [-0.1, -0.05) is 18.2 Å². The van der Waals surface area contributed by atoms with Crippen LogP contribution in [0.2, 0.25) is 0 Å². The van der Waals surface area contributed by atoms with Crippen LogP contribution in [-0.4, -0.2) is 30.5 Å². The van der Waals surface area contributed by atoms with E-state index in [1.165, 1.54) is 25.3 Å². The van der Waals surface area contributed by atoms with Crippen LogP contribution < -0.4 is 21.9 Å². The van der Waals surface area contributed by atoms with Crippen LogP contribution >= 0.6 is 0 Å². The van der Waals surface area contributed by atoms with Gasteiger partial charge in [0.1, 0.15) is 17.3 Å². The number of nitrogen functional groups attached to an aromatic ring is 1. The normalized spacial score (nSPS) is 11.0. The first-order valence-corrected chi connectivity index (χ1v) is 8.61. The summed E-state index contributed by atoms with van der Waals surface area (Å²) in [7, 11) is 1.21. The van der Waals surface area contributed by atoms with Crippen molar-refractivity contribution in [2.24, 2.45) is 7.05 Å². The fourth-order valence-electron chi connectivity index (χ4n) is 2.88. The molecule has 1 amide bonds. The number of carbonyl (C=O) groups is 1. The summed E-state index contributed by atoms with van der Waals surface area (Å²) in [4.78, 5) is 37.8. The summed E-state index contributed by atoms with van der Waals surface area (Å²) in [6, 6.07) is 11.9. The molecule has 0 atom stereocenters. The summed E-state index contributed by atoms with van der Waals surface area (Å²) in [5, 5.41) is 28.8. The van der Waals surface area contributed by atoms with Crippen LogP contribution in [0.5, 0.6) is 11.5 Å². The van der Waals surface area contributed by atoms with Gasteiger partial charge in [-0.3, -0.25) is 9.36 Å². The molecule has 0 radical (unpaired) electrons. The predicted octanol–water partition coefficient (Wildman–Crippen LogP) is 1.68. The second kappa shape index (κ2) is 7.87. The van der Waals surface area contributed by atoms with Crippen molar-refractivity contribution in [3.8, 4) is 17.2 Å². The third kappa shape index (κ3) is 3.74. The van der Waals surface area contributed by atoms with Gasteiger partial charge in [0.05, 0.1) is 5.69 Å². The Kier molecular flexibility index (Phi) is 5.32. The number of benzene rings is 2. The highest BCUT2D eigenvalue weighted by molar-refractivity contribution is 5.92. The number of nitrogens with two attached hydrogens (primary N) is 1. The number of hydrogen-bond donors (Lipinski definition) is 4. The van der Waals surface area contributed by atoms with Gasteiger partial charge in [-0.2, -0.15) is 0 Å². The molecule has 2 aromatic carbocycles. The van der Waals surface area contributed by atoms with Gasteiger partial charge >= 0.3 is 11.8 Å². The predicted molar refractivity (Wildman–Crippen MR) is 111 cm³/mol. The Bertz CT molecular complexity index is 1240. The van der Waals surface area contributed by atoms with Crippen molar-refractivity contribution in [2.75, 3.05) is 10.6 Å². The maximum atomic E-state index is 12.7. The molecule has 0 aliphatic rings. The van der Waals surface area contributed by atoms with Gasteiger partial charge in [0.2, 0.25) is 0 Å². The van der Waals surface area contributed by atoms with Crippen LogP contribution in [-0.2, 0) is 7.05 Å². The van der Waals surface area contributed by atoms with E-state index in [0.29, 0.717) is 10.6 Å². The molecule has 3 aromatic rings. The second-order valence-electron chi connectivity index (χ2n) is 6.30. The maximum Gasteiger partial charge on any atom is 0.416 e. The summed E-state index contributed by atoms with van der Waals surface area (Å²) in [5.74, 6) is -0.825. The van der Waals surface area contributed by atoms with Crippen LogP contribution in [0, 0.1) is 0 Å². The number of hydrogen-bond acceptors (Lipinski definition) is 6. The zero-order chi connectivity index (χ0) is 22.0. The van der Waals surface area contributed by atoms with Crippen LogP contribution in [0.1, 0.15) is 5.56 Å². The highest BCUT2D eigenvalue weighted by Crippen LogP contribution is 2.24. The van der Waals surface area contributed by atoms with E-state index in [1.807, 2.05) is 0 Å². The smallest absolute Gasteiger partial charge is 0.416 e. The second-order valence-corrected chi connectivity index (χ2v) is 6.30. The first-order chi connectivity index (χ1) is 14.2. The molecular formula is C20H18N4O6. The van der Waals surface area contributed by atoms with Gasteiger partial charge in [-0.15, -0.1) is 0 Å². The largest absolute Gasteiger partial charge is 0.508 e. The van der Waals surface area contributed by atoms with Crippen LogP contribution in [0.25, 0.3) is 11.8 Å². The van der Waals surface area contributed by atoms with Gasteiger partial charge in [-0.05, 0) is 35.9 Å². The maximum absolute atomic E-state index is 12.7. The number of phenolic OH excluding ortho intramolecular Hbond substituents is 2. The Balaban J connectivity index is 2.21. The lowest BCUT2D eigenvalue weighted by molar-refractivity contribution is 0.204. The molecule has 10 nitrogen and oxygen atoms in total. The first kappa shape index (κ1) is 20.3. The SMILES string of the molecule is Cn1c(=O)c(N(C=Cc2cc(O)cc(O)c2)C(=O)O)c(N)n(-c2ccccc2)c1=O. The van der Waals surface area contributed by atoms with Crippen molar-refractivity contribution in [1.29, 1.82) is 0 Å². The quantitative estimate of drug-likeness (QED) is 0.511. The summed E-state index contributed by atoms with van der Waals surface area (Å²) in [5.41, 5.74) is 4.60. The fourth-order valence-corrected chi connectivity index (χ4v) is 2.88. The Morgan fingerprint density at radius 2 is 1.67 bits per heavy atom. The molecule has 0 fully saturated rings. The molecule has 154 valence electrons. The molecule has 0 spiro atoms. The van der Waals surface area contributed by atoms with Crippen LogP contribution in [0.4, 0.5) is 16.3 Å². The molecular weight excluding hydrogens is 392 g/mol. The standard InChI is InChI=1S/C20H18N4O6/c1-22-18(27)16(17(21)24(19(22)28)13-5-3-2-4-6-13)23(20(29)30)8-7-12-9-14(25)11-15(26)10-12/h2-11,25-26H,21H2,1H3,(H,29,30). The van der Waals surface area contributed by atoms with E-state index in [9.17, 15) is 29.7 Å². The zero-order valence-corrected chi connectivity index (χ0v) is 15.8. The Morgan fingerprint density at radius 1 is 1.07 bits per heavy atom. The van der Waals surface area contributed by atoms with Crippen molar-refractivity contribution >= 4 is 23.7 Å². The molecule has 3 rings (SSSR count). The van der Waals surface area contributed by atoms with E-state index >= 15 is 0 Å². The number of phenols is 2. The highest BCUT2D eigenvalue weighted by Gasteiger charge is 2.24. The number of amides is 1. The minimum atomic E-state index is -1.53. The lowest BCUT2D eigenvalue weighted by Crippen LogP contribution is -2.43. The topological polar surface area (TPSA) is 151 Å². The molecule has 0 bridgehead atoms. The number of rotatable bonds is 4. The van der Waals surface area contributed by atoms with E-state index in [4.69, 9.17) is 5.73 Å². The minimum Gasteiger partial charge on any atom is -0.508 e. The molecule has 0 unspecified atom stereocenters. The van der Waals surface area contributed by atoms with E-state index < -0.39 is 23.0 Å². The molecule has 0 aliphatic heterocycles. The summed E-state index contributed by atoms with van der Waals surface area (Å²) >= 11 is 0. The van der Waals surface area contributed by atoms with E-state index in [0.717, 1.165) is 21.4 Å². The number of para-hydroxylation sites is 1. The van der Waals surface area contributed by atoms with E-state index in [1.54, 1.807) is 30.3 Å². The lowest BCUT2D eigenvalue weighted by Gasteiger charge is -2.20. The Morgan fingerprint density at radius 3 is 2.23 bits per heavy atom. The van der Waals surface area contributed by atoms with Gasteiger partial charge in [-0.25, -0.2) is 19.1 Å². The van der Waals surface area contributed by atoms with Crippen LogP contribution in [0.15, 0.2) is 64.3 Å². The molecule has 5 N–H and O–H groups in total. The van der Waals surface area contributed by atoms with Crippen molar-refractivity contribution in [2.45, 2.75) is 0 Å². The zero-order valence-electron chi connectivity index (χ0n) is 15.8. The number of aromatic hydroxyl groups is 2. The summed E-state index contributed by atoms with van der Waals surface area (Å²) in [6.07, 6.45) is 0.756. The number of anilines is 2. The van der Waals surface area contributed by atoms with Gasteiger partial charge in [0.25, 0.3) is 5.56 Å². The third-order valence-corrected chi connectivity index (χ3v) is 4.27. The molecule has 10 heteroatoms. The van der Waals surface area contributed by atoms with Crippen molar-refractivity contribution < 1.29 is 20.1 Å². The average molecular weight is 410 g/mol. The molecule has 0 saturated carbocycles. The van der Waals surface area contributed by atoms with Crippen LogP contribution in [0.3, 0.4) is 0 Å². The van der Waals surface area contributed by atoms with Gasteiger partial charge in [0, 0.05) is 19.3 Å². The molecule has 1 aromatic heterocycles.